The van der Waals surface area contributed by atoms with Crippen molar-refractivity contribution < 1.29 is 39.1 Å². The second-order valence-corrected chi connectivity index (χ2v) is 13.6. The van der Waals surface area contributed by atoms with Gasteiger partial charge >= 0.3 is 6.18 Å². The minimum Gasteiger partial charge on any atom is -0.485 e. The molecule has 2 atom stereocenters. The van der Waals surface area contributed by atoms with Crippen LogP contribution in [-0.2, 0) is 26.2 Å². The van der Waals surface area contributed by atoms with Crippen molar-refractivity contribution in [2.75, 3.05) is 17.1 Å². The van der Waals surface area contributed by atoms with Gasteiger partial charge in [-0.3, -0.25) is 4.31 Å². The maximum Gasteiger partial charge on any atom is 0.416 e. The number of ether oxygens (including phenoxy) is 1. The van der Waals surface area contributed by atoms with Gasteiger partial charge in [-0.15, -0.1) is 0 Å². The van der Waals surface area contributed by atoms with Gasteiger partial charge < -0.3 is 4.74 Å². The molecular formula is C27H25ClF4N2O5S2. The summed E-state index contributed by atoms with van der Waals surface area (Å²) in [5, 5.41) is 0.170. The van der Waals surface area contributed by atoms with E-state index in [1.807, 2.05) is 0 Å². The van der Waals surface area contributed by atoms with Gasteiger partial charge in [0.15, 0.2) is 0 Å². The number of nitrogens with one attached hydrogen (secondary N) is 1. The van der Waals surface area contributed by atoms with Crippen molar-refractivity contribution in [2.24, 2.45) is 0 Å². The summed E-state index contributed by atoms with van der Waals surface area (Å²) < 4.78 is 115. The number of benzene rings is 3. The molecule has 1 aliphatic rings. The first-order valence-electron chi connectivity index (χ1n) is 12.1. The lowest BCUT2D eigenvalue weighted by Crippen LogP contribution is -2.52. The molecule has 1 aliphatic heterocycles. The Labute approximate surface area is 240 Å². The zero-order valence-corrected chi connectivity index (χ0v) is 24.3. The predicted molar refractivity (Wildman–Crippen MR) is 149 cm³/mol. The van der Waals surface area contributed by atoms with Crippen molar-refractivity contribution in [3.63, 3.8) is 0 Å². The molecule has 4 rings (SSSR count). The fourth-order valence-electron chi connectivity index (χ4n) is 4.44. The molecule has 0 bridgehead atoms. The Morgan fingerprint density at radius 3 is 2.41 bits per heavy atom. The number of anilines is 1. The van der Waals surface area contributed by atoms with E-state index < -0.39 is 61.2 Å². The van der Waals surface area contributed by atoms with Crippen LogP contribution < -0.4 is 13.8 Å². The van der Waals surface area contributed by atoms with E-state index in [-0.39, 0.29) is 22.0 Å². The minimum atomic E-state index is -4.78. The highest BCUT2D eigenvalue weighted by atomic mass is 35.5. The summed E-state index contributed by atoms with van der Waals surface area (Å²) in [6, 6.07) is 11.1. The molecule has 3 aromatic carbocycles. The highest BCUT2D eigenvalue weighted by molar-refractivity contribution is 7.92. The average molecular weight is 633 g/mol. The monoisotopic (exact) mass is 632 g/mol. The first-order chi connectivity index (χ1) is 19.0. The Bertz CT molecular complexity index is 1710. The smallest absolute Gasteiger partial charge is 0.416 e. The predicted octanol–water partition coefficient (Wildman–Crippen LogP) is 5.95. The fraction of sp³-hybridized carbons (Fsp3) is 0.259. The Balaban J connectivity index is 1.83. The van der Waals surface area contributed by atoms with Crippen molar-refractivity contribution >= 4 is 49.0 Å². The van der Waals surface area contributed by atoms with Crippen molar-refractivity contribution in [1.29, 1.82) is 0 Å². The Hall–Kier alpha value is -3.13. The van der Waals surface area contributed by atoms with Crippen LogP contribution in [0.4, 0.5) is 23.2 Å². The van der Waals surface area contributed by atoms with Crippen LogP contribution >= 0.6 is 11.6 Å². The second-order valence-electron chi connectivity index (χ2n) is 9.55. The van der Waals surface area contributed by atoms with Crippen LogP contribution in [0.1, 0.15) is 30.5 Å². The van der Waals surface area contributed by atoms with E-state index in [1.54, 1.807) is 19.1 Å². The summed E-state index contributed by atoms with van der Waals surface area (Å²) in [6.07, 6.45) is -3.31. The van der Waals surface area contributed by atoms with Crippen molar-refractivity contribution in [2.45, 2.75) is 37.1 Å². The molecule has 1 N–H and O–H groups in total. The molecule has 14 heteroatoms. The lowest BCUT2D eigenvalue weighted by Gasteiger charge is -2.38. The van der Waals surface area contributed by atoms with Gasteiger partial charge in [0.25, 0.3) is 10.0 Å². The maximum atomic E-state index is 14.5. The summed E-state index contributed by atoms with van der Waals surface area (Å²) in [4.78, 5) is -0.613. The third-order valence-corrected chi connectivity index (χ3v) is 9.21. The van der Waals surface area contributed by atoms with E-state index in [1.165, 1.54) is 37.3 Å². The maximum absolute atomic E-state index is 14.5. The Kier molecular flexibility index (Phi) is 8.47. The van der Waals surface area contributed by atoms with Gasteiger partial charge in [0, 0.05) is 5.56 Å². The lowest BCUT2D eigenvalue weighted by molar-refractivity contribution is -0.137. The van der Waals surface area contributed by atoms with E-state index in [0.717, 1.165) is 28.8 Å². The number of allylic oxidation sites excluding steroid dienone is 1. The molecule has 0 fully saturated rings. The van der Waals surface area contributed by atoms with Gasteiger partial charge in [-0.1, -0.05) is 35.9 Å². The number of fused-ring (bicyclic) bond motifs is 1. The van der Waals surface area contributed by atoms with Crippen molar-refractivity contribution in [1.82, 2.24) is 4.72 Å². The van der Waals surface area contributed by atoms with E-state index in [2.05, 4.69) is 4.72 Å². The molecule has 220 valence electrons. The first kappa shape index (κ1) is 30.8. The zero-order valence-electron chi connectivity index (χ0n) is 21.9. The fourth-order valence-corrected chi connectivity index (χ4v) is 7.10. The van der Waals surface area contributed by atoms with Gasteiger partial charge in [0.2, 0.25) is 10.0 Å². The van der Waals surface area contributed by atoms with Crippen LogP contribution in [0.25, 0.3) is 11.6 Å². The summed E-state index contributed by atoms with van der Waals surface area (Å²) in [6.45, 7) is 2.68. The molecule has 0 aliphatic carbocycles. The number of sulfonamides is 2. The first-order valence-corrected chi connectivity index (χ1v) is 15.8. The Morgan fingerprint density at radius 1 is 1.10 bits per heavy atom. The summed E-state index contributed by atoms with van der Waals surface area (Å²) in [5.41, 5.74) is -0.136. The van der Waals surface area contributed by atoms with Gasteiger partial charge in [-0.05, 0) is 67.4 Å². The molecule has 0 radical (unpaired) electrons. The van der Waals surface area contributed by atoms with Crippen LogP contribution in [0.5, 0.6) is 5.75 Å². The summed E-state index contributed by atoms with van der Waals surface area (Å²) >= 11 is 6.18. The lowest BCUT2D eigenvalue weighted by atomic mass is 10.0. The number of hydrogen-bond donors (Lipinski definition) is 1. The number of alkyl halides is 3. The summed E-state index contributed by atoms with van der Waals surface area (Å²) in [7, 11) is -8.31. The third-order valence-electron chi connectivity index (χ3n) is 6.32. The number of rotatable bonds is 7. The summed E-state index contributed by atoms with van der Waals surface area (Å²) in [5.74, 6) is -0.505. The van der Waals surface area contributed by atoms with Crippen LogP contribution in [0.15, 0.2) is 65.6 Å². The minimum absolute atomic E-state index is 0.00592. The molecule has 41 heavy (non-hydrogen) atoms. The van der Waals surface area contributed by atoms with E-state index >= 15 is 0 Å². The molecule has 1 heterocycles. The third kappa shape index (κ3) is 6.85. The largest absolute Gasteiger partial charge is 0.485 e. The normalized spacial score (nSPS) is 17.1. The molecule has 0 saturated carbocycles. The van der Waals surface area contributed by atoms with Crippen molar-refractivity contribution in [3.8, 4) is 5.75 Å². The average Bonchev–Trinajstić information content (AvgIpc) is 2.86. The molecule has 0 amide bonds. The molecule has 0 aromatic heterocycles. The topological polar surface area (TPSA) is 92.8 Å². The van der Waals surface area contributed by atoms with Crippen LogP contribution in [0, 0.1) is 5.82 Å². The molecular weight excluding hydrogens is 608 g/mol. The van der Waals surface area contributed by atoms with Gasteiger partial charge in [-0.25, -0.2) is 25.9 Å². The van der Waals surface area contributed by atoms with Crippen LogP contribution in [0.3, 0.4) is 0 Å². The van der Waals surface area contributed by atoms with Crippen LogP contribution in [0.2, 0.25) is 5.02 Å². The highest BCUT2D eigenvalue weighted by Crippen LogP contribution is 2.40. The standard InChI is InChI=1S/C27H25ClF4N2O5S2/c1-16(26-21(28)8-5-9-22(26)29)12-18-10-11-24-23(13-18)34(15-25(39-24)17(2)33-40(3,35)36)41(37,38)20-7-4-6-19(14-20)27(30,31)32/h4-14,17,25,33H,15H2,1-3H3/t17-,25-/m1/s1. The molecule has 3 aromatic rings. The second kappa shape index (κ2) is 11.3. The SMILES string of the molecule is CC(=Cc1ccc2c(c1)N(S(=O)(=O)c1cccc(C(F)(F)F)c1)C[C@H]([C@@H](C)NS(C)(=O)=O)O2)c1c(F)cccc1Cl. The quantitative estimate of drug-likeness (QED) is 0.257. The number of hydrogen-bond acceptors (Lipinski definition) is 5. The van der Waals surface area contributed by atoms with E-state index in [0.29, 0.717) is 17.2 Å². The van der Waals surface area contributed by atoms with Gasteiger partial charge in [0.05, 0.1) is 40.0 Å². The molecule has 7 nitrogen and oxygen atoms in total. The zero-order chi connectivity index (χ0) is 30.3. The van der Waals surface area contributed by atoms with Gasteiger partial charge in [0.1, 0.15) is 17.7 Å². The Morgan fingerprint density at radius 2 is 1.78 bits per heavy atom. The van der Waals surface area contributed by atoms with E-state index in [4.69, 9.17) is 16.3 Å². The number of nitrogens with zero attached hydrogens (tertiary/aromatic N) is 1. The molecule has 0 unspecified atom stereocenters. The highest BCUT2D eigenvalue weighted by Gasteiger charge is 2.39. The molecule has 0 spiro atoms. The van der Waals surface area contributed by atoms with Crippen LogP contribution in [-0.4, -0.2) is 41.8 Å². The van der Waals surface area contributed by atoms with Gasteiger partial charge in [-0.2, -0.15) is 13.2 Å². The molecule has 0 saturated heterocycles. The van der Waals surface area contributed by atoms with Crippen molar-refractivity contribution in [3.05, 3.63) is 88.2 Å². The number of halogens is 5. The van der Waals surface area contributed by atoms with E-state index in [9.17, 15) is 34.4 Å².